The van der Waals surface area contributed by atoms with Gasteiger partial charge in [0.25, 0.3) is 0 Å². The molecule has 0 spiro atoms. The van der Waals surface area contributed by atoms with Gasteiger partial charge in [0.05, 0.1) is 43.4 Å². The van der Waals surface area contributed by atoms with E-state index in [9.17, 15) is 9.65 Å². The average Bonchev–Trinajstić information content (AvgIpc) is 3.55. The molecule has 12 heteroatoms. The van der Waals surface area contributed by atoms with Crippen LogP contribution < -0.4 is 10.6 Å². The average molecular weight is 511 g/mol. The summed E-state index contributed by atoms with van der Waals surface area (Å²) in [5.41, 5.74) is 4.83. The van der Waals surface area contributed by atoms with E-state index in [1.165, 1.54) is 35.7 Å². The van der Waals surface area contributed by atoms with Gasteiger partial charge in [-0.05, 0) is 30.3 Å². The third-order valence-corrected chi connectivity index (χ3v) is 6.43. The third-order valence-electron chi connectivity index (χ3n) is 5.01. The standard InChI is InChI=1S/C22H13Cl2FN8S/c23-15-4-12(1-2-17(15)25)30-20-11(6-26)7-28-21-14(20)3-13(5-16(21)24)31-22(18-8-29-33-32-18)19-9-27-10-34-19/h1-5,7-10,22,31H,(H,28,30)(H,29,32,33). The fraction of sp³-hybridized carbons (Fsp3) is 0.0455. The topological polar surface area (TPSA) is 115 Å². The zero-order valence-corrected chi connectivity index (χ0v) is 19.4. The first-order valence-electron chi connectivity index (χ1n) is 9.78. The van der Waals surface area contributed by atoms with E-state index < -0.39 is 5.82 Å². The molecule has 0 aliphatic heterocycles. The molecule has 0 aliphatic rings. The van der Waals surface area contributed by atoms with Gasteiger partial charge in [-0.3, -0.25) is 9.97 Å². The van der Waals surface area contributed by atoms with Crippen LogP contribution in [0.4, 0.5) is 21.5 Å². The number of rotatable bonds is 6. The molecule has 0 radical (unpaired) electrons. The lowest BCUT2D eigenvalue weighted by Crippen LogP contribution is -2.12. The number of H-pyrrole nitrogens is 1. The summed E-state index contributed by atoms with van der Waals surface area (Å²) in [6, 6.07) is 9.60. The molecule has 0 bridgehead atoms. The SMILES string of the molecule is N#Cc1cnc2c(Cl)cc(NC(c3cn[nH]n3)c3cncs3)cc2c1Nc1ccc(F)c(Cl)c1. The summed E-state index contributed by atoms with van der Waals surface area (Å²) in [6.45, 7) is 0. The van der Waals surface area contributed by atoms with Crippen molar-refractivity contribution in [2.75, 3.05) is 10.6 Å². The maximum atomic E-state index is 13.6. The van der Waals surface area contributed by atoms with Crippen molar-refractivity contribution in [3.8, 4) is 6.07 Å². The molecule has 0 aliphatic carbocycles. The minimum atomic E-state index is -0.538. The number of halogens is 3. The van der Waals surface area contributed by atoms with Crippen LogP contribution in [0.1, 0.15) is 22.2 Å². The lowest BCUT2D eigenvalue weighted by atomic mass is 10.1. The lowest BCUT2D eigenvalue weighted by molar-refractivity contribution is 0.628. The van der Waals surface area contributed by atoms with E-state index in [2.05, 4.69) is 42.1 Å². The van der Waals surface area contributed by atoms with Crippen molar-refractivity contribution in [2.45, 2.75) is 6.04 Å². The molecule has 34 heavy (non-hydrogen) atoms. The number of benzene rings is 2. The molecule has 0 amide bonds. The van der Waals surface area contributed by atoms with Gasteiger partial charge in [0.2, 0.25) is 0 Å². The number of thiazole rings is 1. The number of nitriles is 1. The first-order chi connectivity index (χ1) is 16.5. The maximum Gasteiger partial charge on any atom is 0.141 e. The number of nitrogens with zero attached hydrogens (tertiary/aromatic N) is 5. The predicted molar refractivity (Wildman–Crippen MR) is 130 cm³/mol. The summed E-state index contributed by atoms with van der Waals surface area (Å²) in [6.07, 6.45) is 4.81. The summed E-state index contributed by atoms with van der Waals surface area (Å²) in [4.78, 5) is 9.45. The number of pyridine rings is 1. The summed E-state index contributed by atoms with van der Waals surface area (Å²) >= 11 is 14.0. The lowest BCUT2D eigenvalue weighted by Gasteiger charge is -2.18. The monoisotopic (exact) mass is 510 g/mol. The van der Waals surface area contributed by atoms with Crippen LogP contribution in [-0.2, 0) is 0 Å². The summed E-state index contributed by atoms with van der Waals surface area (Å²) in [5.74, 6) is -0.538. The Morgan fingerprint density at radius 3 is 2.65 bits per heavy atom. The van der Waals surface area contributed by atoms with Crippen molar-refractivity contribution in [1.82, 2.24) is 25.4 Å². The third kappa shape index (κ3) is 4.24. The summed E-state index contributed by atoms with van der Waals surface area (Å²) in [5, 5.41) is 28.0. The van der Waals surface area contributed by atoms with Gasteiger partial charge in [-0.25, -0.2) is 4.39 Å². The quantitative estimate of drug-likeness (QED) is 0.253. The normalized spacial score (nSPS) is 11.8. The minimum Gasteiger partial charge on any atom is -0.372 e. The minimum absolute atomic E-state index is 0.0396. The van der Waals surface area contributed by atoms with E-state index in [0.29, 0.717) is 38.7 Å². The van der Waals surface area contributed by atoms with Crippen LogP contribution in [0.5, 0.6) is 0 Å². The van der Waals surface area contributed by atoms with E-state index in [4.69, 9.17) is 23.2 Å². The molecular weight excluding hydrogens is 498 g/mol. The number of aromatic amines is 1. The van der Waals surface area contributed by atoms with Crippen molar-refractivity contribution in [2.24, 2.45) is 0 Å². The van der Waals surface area contributed by atoms with Crippen molar-refractivity contribution >= 4 is 62.5 Å². The van der Waals surface area contributed by atoms with E-state index in [0.717, 1.165) is 4.88 Å². The molecule has 0 saturated carbocycles. The molecule has 1 atom stereocenters. The van der Waals surface area contributed by atoms with Crippen LogP contribution >= 0.6 is 34.5 Å². The van der Waals surface area contributed by atoms with Gasteiger partial charge in [0.1, 0.15) is 23.6 Å². The number of hydrogen-bond donors (Lipinski definition) is 3. The Bertz CT molecular complexity index is 1480. The molecule has 3 aromatic heterocycles. The van der Waals surface area contributed by atoms with Gasteiger partial charge in [-0.15, -0.1) is 11.3 Å². The molecule has 3 N–H and O–H groups in total. The fourth-order valence-electron chi connectivity index (χ4n) is 3.46. The van der Waals surface area contributed by atoms with Crippen molar-refractivity contribution in [3.63, 3.8) is 0 Å². The molecule has 0 saturated heterocycles. The van der Waals surface area contributed by atoms with E-state index in [1.54, 1.807) is 24.0 Å². The smallest absolute Gasteiger partial charge is 0.141 e. The number of hydrogen-bond acceptors (Lipinski definition) is 8. The number of aromatic nitrogens is 5. The van der Waals surface area contributed by atoms with Crippen LogP contribution in [0.2, 0.25) is 10.0 Å². The van der Waals surface area contributed by atoms with Crippen LogP contribution in [0, 0.1) is 17.1 Å². The highest BCUT2D eigenvalue weighted by Gasteiger charge is 2.20. The van der Waals surface area contributed by atoms with Crippen molar-refractivity contribution < 1.29 is 4.39 Å². The van der Waals surface area contributed by atoms with Gasteiger partial charge < -0.3 is 10.6 Å². The first kappa shape index (κ1) is 22.0. The molecule has 5 aromatic rings. The Morgan fingerprint density at radius 2 is 1.94 bits per heavy atom. The first-order valence-corrected chi connectivity index (χ1v) is 11.4. The summed E-state index contributed by atoms with van der Waals surface area (Å²) in [7, 11) is 0. The van der Waals surface area contributed by atoms with Crippen molar-refractivity contribution in [1.29, 1.82) is 5.26 Å². The Hall–Kier alpha value is -3.78. The zero-order chi connectivity index (χ0) is 23.7. The Balaban J connectivity index is 1.61. The van der Waals surface area contributed by atoms with Crippen molar-refractivity contribution in [3.05, 3.63) is 86.4 Å². The highest BCUT2D eigenvalue weighted by Crippen LogP contribution is 2.37. The molecule has 3 heterocycles. The molecule has 2 aromatic carbocycles. The van der Waals surface area contributed by atoms with E-state index in [-0.39, 0.29) is 16.6 Å². The van der Waals surface area contributed by atoms with Gasteiger partial charge >= 0.3 is 0 Å². The largest absolute Gasteiger partial charge is 0.372 e. The van der Waals surface area contributed by atoms with Gasteiger partial charge in [-0.2, -0.15) is 20.7 Å². The fourth-order valence-corrected chi connectivity index (χ4v) is 4.59. The Morgan fingerprint density at radius 1 is 1.09 bits per heavy atom. The molecule has 168 valence electrons. The number of anilines is 3. The number of nitrogens with one attached hydrogen (secondary N) is 3. The molecule has 0 fully saturated rings. The van der Waals surface area contributed by atoms with E-state index >= 15 is 0 Å². The molecule has 8 nitrogen and oxygen atoms in total. The Kier molecular flexibility index (Phi) is 5.98. The zero-order valence-electron chi connectivity index (χ0n) is 17.1. The van der Waals surface area contributed by atoms with Crippen LogP contribution in [0.3, 0.4) is 0 Å². The van der Waals surface area contributed by atoms with Gasteiger partial charge in [-0.1, -0.05) is 23.2 Å². The second kappa shape index (κ2) is 9.23. The second-order valence-corrected chi connectivity index (χ2v) is 8.88. The van der Waals surface area contributed by atoms with Crippen LogP contribution in [0.25, 0.3) is 10.9 Å². The van der Waals surface area contributed by atoms with E-state index in [1.807, 2.05) is 6.07 Å². The highest BCUT2D eigenvalue weighted by atomic mass is 35.5. The predicted octanol–water partition coefficient (Wildman–Crippen LogP) is 6.07. The van der Waals surface area contributed by atoms with Crippen LogP contribution in [-0.4, -0.2) is 25.4 Å². The molecule has 5 rings (SSSR count). The number of fused-ring (bicyclic) bond motifs is 1. The maximum absolute atomic E-state index is 13.6. The Labute approximate surface area is 206 Å². The van der Waals surface area contributed by atoms with Gasteiger partial charge in [0, 0.05) is 29.2 Å². The summed E-state index contributed by atoms with van der Waals surface area (Å²) < 4.78 is 13.6. The highest BCUT2D eigenvalue weighted by molar-refractivity contribution is 7.09. The van der Waals surface area contributed by atoms with Crippen LogP contribution in [0.15, 0.2) is 54.4 Å². The molecule has 1 unspecified atom stereocenters. The second-order valence-electron chi connectivity index (χ2n) is 7.14. The molecular formula is C22H13Cl2FN8S. The van der Waals surface area contributed by atoms with Gasteiger partial charge in [0.15, 0.2) is 0 Å².